The first-order valence-electron chi connectivity index (χ1n) is 4.58. The summed E-state index contributed by atoms with van der Waals surface area (Å²) in [4.78, 5) is 22.7. The van der Waals surface area contributed by atoms with E-state index >= 15 is 0 Å². The Morgan fingerprint density at radius 1 is 1.56 bits per heavy atom. The number of amides is 1. The van der Waals surface area contributed by atoms with Gasteiger partial charge in [0.2, 0.25) is 5.91 Å². The predicted octanol–water partition coefficient (Wildman–Crippen LogP) is 1.79. The maximum Gasteiger partial charge on any atom is 0.269 e. The molecule has 1 aromatic carbocycles. The third-order valence-corrected chi connectivity index (χ3v) is 2.31. The van der Waals surface area contributed by atoms with Crippen LogP contribution in [-0.2, 0) is 11.3 Å². The molecule has 0 aliphatic rings. The molecule has 0 unspecified atom stereocenters. The summed E-state index contributed by atoms with van der Waals surface area (Å²) in [6.07, 6.45) is 0. The van der Waals surface area contributed by atoms with E-state index in [0.29, 0.717) is 12.1 Å². The molecular formula is C10H11ClN2O3. The molecule has 0 saturated heterocycles. The number of carbonyl (C=O) groups excluding carboxylic acids is 1. The number of halogens is 1. The molecule has 1 amide bonds. The summed E-state index contributed by atoms with van der Waals surface area (Å²) < 4.78 is 0. The highest BCUT2D eigenvalue weighted by atomic mass is 35.5. The Balaban J connectivity index is 2.78. The van der Waals surface area contributed by atoms with E-state index in [4.69, 9.17) is 11.6 Å². The molecule has 0 aliphatic carbocycles. The van der Waals surface area contributed by atoms with Crippen LogP contribution in [0, 0.1) is 10.1 Å². The van der Waals surface area contributed by atoms with Crippen molar-refractivity contribution in [3.8, 4) is 0 Å². The standard InChI is InChI=1S/C10H11ClN2O3/c1-12(10(14)6-11)7-8-3-2-4-9(5-8)13(15)16/h2-5H,6-7H2,1H3. The second-order valence-corrected chi connectivity index (χ2v) is 3.58. The quantitative estimate of drug-likeness (QED) is 0.459. The van der Waals surface area contributed by atoms with E-state index < -0.39 is 4.92 Å². The minimum Gasteiger partial charge on any atom is -0.340 e. The van der Waals surface area contributed by atoms with Crippen LogP contribution in [0.15, 0.2) is 24.3 Å². The fourth-order valence-electron chi connectivity index (χ4n) is 1.23. The highest BCUT2D eigenvalue weighted by Gasteiger charge is 2.10. The van der Waals surface area contributed by atoms with Crippen molar-refractivity contribution in [2.24, 2.45) is 0 Å². The molecule has 0 N–H and O–H groups in total. The predicted molar refractivity (Wildman–Crippen MR) is 60.3 cm³/mol. The summed E-state index contributed by atoms with van der Waals surface area (Å²) in [5.74, 6) is -0.306. The Hall–Kier alpha value is -1.62. The van der Waals surface area contributed by atoms with Crippen molar-refractivity contribution in [2.75, 3.05) is 12.9 Å². The van der Waals surface area contributed by atoms with Crippen LogP contribution in [0.4, 0.5) is 5.69 Å². The number of hydrogen-bond acceptors (Lipinski definition) is 3. The lowest BCUT2D eigenvalue weighted by atomic mass is 10.2. The number of hydrogen-bond donors (Lipinski definition) is 0. The second kappa shape index (κ2) is 5.46. The highest BCUT2D eigenvalue weighted by molar-refractivity contribution is 6.27. The zero-order valence-electron chi connectivity index (χ0n) is 8.72. The summed E-state index contributed by atoms with van der Waals surface area (Å²) in [6.45, 7) is 0.313. The van der Waals surface area contributed by atoms with E-state index in [1.54, 1.807) is 19.2 Å². The van der Waals surface area contributed by atoms with Crippen LogP contribution >= 0.6 is 11.6 Å². The number of nitro benzene ring substituents is 1. The molecule has 0 radical (unpaired) electrons. The van der Waals surface area contributed by atoms with Gasteiger partial charge in [0.1, 0.15) is 5.88 Å². The Bertz CT molecular complexity index is 409. The van der Waals surface area contributed by atoms with E-state index in [1.165, 1.54) is 17.0 Å². The first-order chi connectivity index (χ1) is 7.54. The van der Waals surface area contributed by atoms with Crippen LogP contribution in [0.25, 0.3) is 0 Å². The highest BCUT2D eigenvalue weighted by Crippen LogP contribution is 2.14. The van der Waals surface area contributed by atoms with E-state index in [2.05, 4.69) is 0 Å². The molecule has 16 heavy (non-hydrogen) atoms. The molecule has 1 rings (SSSR count). The monoisotopic (exact) mass is 242 g/mol. The number of rotatable bonds is 4. The van der Waals surface area contributed by atoms with Gasteiger partial charge in [-0.2, -0.15) is 0 Å². The molecular weight excluding hydrogens is 232 g/mol. The van der Waals surface area contributed by atoms with Gasteiger partial charge in [-0.3, -0.25) is 14.9 Å². The van der Waals surface area contributed by atoms with Gasteiger partial charge in [0.05, 0.1) is 4.92 Å². The summed E-state index contributed by atoms with van der Waals surface area (Å²) >= 11 is 5.40. The van der Waals surface area contributed by atoms with Gasteiger partial charge in [-0.05, 0) is 5.56 Å². The Morgan fingerprint density at radius 2 is 2.25 bits per heavy atom. The van der Waals surface area contributed by atoms with Gasteiger partial charge in [0, 0.05) is 25.7 Å². The number of nitrogens with zero attached hydrogens (tertiary/aromatic N) is 2. The zero-order valence-corrected chi connectivity index (χ0v) is 9.48. The van der Waals surface area contributed by atoms with E-state index in [0.717, 1.165) is 0 Å². The lowest BCUT2D eigenvalue weighted by molar-refractivity contribution is -0.384. The SMILES string of the molecule is CN(Cc1cccc([N+](=O)[O-])c1)C(=O)CCl. The first-order valence-corrected chi connectivity index (χ1v) is 5.11. The van der Waals surface area contributed by atoms with Crippen LogP contribution in [0.3, 0.4) is 0 Å². The molecule has 0 bridgehead atoms. The van der Waals surface area contributed by atoms with Crippen molar-refractivity contribution >= 4 is 23.2 Å². The van der Waals surface area contributed by atoms with Crippen LogP contribution in [0.2, 0.25) is 0 Å². The molecule has 6 heteroatoms. The number of alkyl halides is 1. The molecule has 0 saturated carbocycles. The third kappa shape index (κ3) is 3.20. The summed E-state index contributed by atoms with van der Waals surface area (Å²) in [5, 5.41) is 10.5. The van der Waals surface area contributed by atoms with Crippen LogP contribution < -0.4 is 0 Å². The van der Waals surface area contributed by atoms with Crippen LogP contribution in [0.1, 0.15) is 5.56 Å². The summed E-state index contributed by atoms with van der Waals surface area (Å²) in [6, 6.07) is 6.17. The normalized spacial score (nSPS) is 9.88. The number of non-ortho nitro benzene ring substituents is 1. The second-order valence-electron chi connectivity index (χ2n) is 3.31. The van der Waals surface area contributed by atoms with Gasteiger partial charge in [0.15, 0.2) is 0 Å². The number of benzene rings is 1. The topological polar surface area (TPSA) is 63.4 Å². The van der Waals surface area contributed by atoms with Gasteiger partial charge in [-0.1, -0.05) is 12.1 Å². The van der Waals surface area contributed by atoms with Crippen molar-refractivity contribution in [3.05, 3.63) is 39.9 Å². The Labute approximate surface area is 97.8 Å². The van der Waals surface area contributed by atoms with Crippen molar-refractivity contribution in [1.29, 1.82) is 0 Å². The van der Waals surface area contributed by atoms with Gasteiger partial charge in [-0.25, -0.2) is 0 Å². The molecule has 5 nitrogen and oxygen atoms in total. The van der Waals surface area contributed by atoms with E-state index in [1.807, 2.05) is 0 Å². The van der Waals surface area contributed by atoms with Crippen molar-refractivity contribution in [3.63, 3.8) is 0 Å². The van der Waals surface area contributed by atoms with Crippen molar-refractivity contribution < 1.29 is 9.72 Å². The fraction of sp³-hybridized carbons (Fsp3) is 0.300. The van der Waals surface area contributed by atoms with Crippen LogP contribution in [0.5, 0.6) is 0 Å². The smallest absolute Gasteiger partial charge is 0.269 e. The lowest BCUT2D eigenvalue weighted by Crippen LogP contribution is -2.27. The lowest BCUT2D eigenvalue weighted by Gasteiger charge is -2.15. The first kappa shape index (κ1) is 12.4. The summed E-state index contributed by atoms with van der Waals surface area (Å²) in [5.41, 5.74) is 0.722. The van der Waals surface area contributed by atoms with Gasteiger partial charge in [-0.15, -0.1) is 11.6 Å². The molecule has 0 atom stereocenters. The molecule has 0 heterocycles. The molecule has 0 aromatic heterocycles. The maximum atomic E-state index is 11.2. The molecule has 1 aromatic rings. The molecule has 0 spiro atoms. The van der Waals surface area contributed by atoms with Gasteiger partial charge in [0.25, 0.3) is 5.69 Å². The number of carbonyl (C=O) groups is 1. The van der Waals surface area contributed by atoms with Crippen LogP contribution in [-0.4, -0.2) is 28.7 Å². The fourth-order valence-corrected chi connectivity index (χ4v) is 1.44. The minimum absolute atomic E-state index is 0.0178. The Kier molecular flexibility index (Phi) is 4.25. The average Bonchev–Trinajstić information content (AvgIpc) is 2.28. The van der Waals surface area contributed by atoms with E-state index in [9.17, 15) is 14.9 Å². The van der Waals surface area contributed by atoms with Gasteiger partial charge >= 0.3 is 0 Å². The minimum atomic E-state index is -0.465. The van der Waals surface area contributed by atoms with E-state index in [-0.39, 0.29) is 17.5 Å². The Morgan fingerprint density at radius 3 is 2.81 bits per heavy atom. The molecule has 0 fully saturated rings. The largest absolute Gasteiger partial charge is 0.340 e. The van der Waals surface area contributed by atoms with Crippen molar-refractivity contribution in [2.45, 2.75) is 6.54 Å². The van der Waals surface area contributed by atoms with Crippen molar-refractivity contribution in [1.82, 2.24) is 4.90 Å². The maximum absolute atomic E-state index is 11.2. The molecule has 0 aliphatic heterocycles. The average molecular weight is 243 g/mol. The zero-order chi connectivity index (χ0) is 12.1. The van der Waals surface area contributed by atoms with Gasteiger partial charge < -0.3 is 4.90 Å². The third-order valence-electron chi connectivity index (χ3n) is 2.08. The summed E-state index contributed by atoms with van der Waals surface area (Å²) in [7, 11) is 1.60. The number of nitro groups is 1. The molecule has 86 valence electrons.